The van der Waals surface area contributed by atoms with Gasteiger partial charge in [0.05, 0.1) is 5.56 Å². The summed E-state index contributed by atoms with van der Waals surface area (Å²) in [5, 5.41) is 0.638. The maximum Gasteiger partial charge on any atom is 0.343 e. The summed E-state index contributed by atoms with van der Waals surface area (Å²) in [6, 6.07) is 10.2. The fourth-order valence-corrected chi connectivity index (χ4v) is 1.73. The zero-order chi connectivity index (χ0) is 14.0. The molecule has 2 rings (SSSR count). The van der Waals surface area contributed by atoms with Crippen molar-refractivity contribution in [3.63, 3.8) is 0 Å². The summed E-state index contributed by atoms with van der Waals surface area (Å²) in [5.74, 6) is 0.0273. The van der Waals surface area contributed by atoms with Gasteiger partial charge in [0.15, 0.2) is 0 Å². The van der Waals surface area contributed by atoms with Crippen LogP contribution in [-0.2, 0) is 0 Å². The predicted octanol–water partition coefficient (Wildman–Crippen LogP) is 3.76. The first-order chi connectivity index (χ1) is 8.97. The van der Waals surface area contributed by atoms with Gasteiger partial charge in [-0.3, -0.25) is 0 Å². The van der Waals surface area contributed by atoms with Crippen molar-refractivity contribution in [1.82, 2.24) is 0 Å². The molecule has 0 aliphatic carbocycles. The second-order valence-corrected chi connectivity index (χ2v) is 4.78. The van der Waals surface area contributed by atoms with E-state index in [0.29, 0.717) is 22.0 Å². The lowest BCUT2D eigenvalue weighted by Gasteiger charge is -2.07. The minimum Gasteiger partial charge on any atom is -0.423 e. The lowest BCUT2D eigenvalue weighted by molar-refractivity contribution is 0.0735. The van der Waals surface area contributed by atoms with Crippen LogP contribution in [0.15, 0.2) is 36.4 Å². The van der Waals surface area contributed by atoms with Gasteiger partial charge < -0.3 is 10.5 Å². The summed E-state index contributed by atoms with van der Waals surface area (Å²) in [4.78, 5) is 12.0. The van der Waals surface area contributed by atoms with E-state index < -0.39 is 5.97 Å². The van der Waals surface area contributed by atoms with Crippen molar-refractivity contribution in [3.05, 3.63) is 58.1 Å². The van der Waals surface area contributed by atoms with Gasteiger partial charge in [-0.15, -0.1) is 0 Å². The van der Waals surface area contributed by atoms with Crippen molar-refractivity contribution in [1.29, 1.82) is 0 Å². The number of nitrogen functional groups attached to an aromatic ring is 1. The van der Waals surface area contributed by atoms with Gasteiger partial charge in [-0.2, -0.15) is 0 Å². The van der Waals surface area contributed by atoms with E-state index in [0.717, 1.165) is 11.1 Å². The predicted molar refractivity (Wildman–Crippen MR) is 76.7 cm³/mol. The molecule has 0 spiro atoms. The summed E-state index contributed by atoms with van der Waals surface area (Å²) < 4.78 is 5.28. The summed E-state index contributed by atoms with van der Waals surface area (Å²) >= 11 is 5.92. The molecule has 0 saturated heterocycles. The number of ether oxygens (including phenoxy) is 1. The van der Waals surface area contributed by atoms with E-state index >= 15 is 0 Å². The van der Waals surface area contributed by atoms with E-state index in [4.69, 9.17) is 22.1 Å². The molecule has 0 atom stereocenters. The number of benzene rings is 2. The fourth-order valence-electron chi connectivity index (χ4n) is 1.61. The number of halogens is 1. The Kier molecular flexibility index (Phi) is 3.76. The van der Waals surface area contributed by atoms with Gasteiger partial charge in [-0.1, -0.05) is 17.7 Å². The van der Waals surface area contributed by atoms with Crippen molar-refractivity contribution in [2.45, 2.75) is 13.8 Å². The van der Waals surface area contributed by atoms with Crippen LogP contribution in [0.4, 0.5) is 5.69 Å². The van der Waals surface area contributed by atoms with Gasteiger partial charge in [0.25, 0.3) is 0 Å². The molecule has 2 aromatic rings. The number of carbonyl (C=O) groups excluding carboxylic acids is 1. The molecule has 0 bridgehead atoms. The number of aryl methyl sites for hydroxylation is 2. The zero-order valence-corrected chi connectivity index (χ0v) is 11.5. The van der Waals surface area contributed by atoms with Crippen LogP contribution in [0.3, 0.4) is 0 Å². The molecule has 4 heteroatoms. The lowest BCUT2D eigenvalue weighted by atomic mass is 10.1. The Morgan fingerprint density at radius 1 is 1.11 bits per heavy atom. The first-order valence-electron chi connectivity index (χ1n) is 5.82. The van der Waals surface area contributed by atoms with E-state index in [-0.39, 0.29) is 0 Å². The van der Waals surface area contributed by atoms with E-state index in [9.17, 15) is 4.79 Å². The third kappa shape index (κ3) is 3.06. The monoisotopic (exact) mass is 275 g/mol. The van der Waals surface area contributed by atoms with Gasteiger partial charge in [0.2, 0.25) is 0 Å². The number of hydrogen-bond donors (Lipinski definition) is 1. The molecule has 19 heavy (non-hydrogen) atoms. The summed E-state index contributed by atoms with van der Waals surface area (Å²) in [6.07, 6.45) is 0. The number of esters is 1. The van der Waals surface area contributed by atoms with Crippen LogP contribution in [-0.4, -0.2) is 5.97 Å². The number of rotatable bonds is 2. The minimum atomic E-state index is -0.437. The number of nitrogens with two attached hydrogens (primary N) is 1. The third-order valence-electron chi connectivity index (χ3n) is 2.85. The summed E-state index contributed by atoms with van der Waals surface area (Å²) in [6.45, 7) is 3.73. The molecular weight excluding hydrogens is 262 g/mol. The highest BCUT2D eigenvalue weighted by atomic mass is 35.5. The fraction of sp³-hybridized carbons (Fsp3) is 0.133. The van der Waals surface area contributed by atoms with Crippen molar-refractivity contribution in [3.8, 4) is 5.75 Å². The van der Waals surface area contributed by atoms with Crippen molar-refractivity contribution >= 4 is 23.3 Å². The molecule has 0 heterocycles. The molecule has 0 radical (unpaired) electrons. The summed E-state index contributed by atoms with van der Waals surface area (Å²) in [7, 11) is 0. The topological polar surface area (TPSA) is 52.3 Å². The molecule has 0 aliphatic rings. The highest BCUT2D eigenvalue weighted by Gasteiger charge is 2.10. The molecule has 3 nitrogen and oxygen atoms in total. The van der Waals surface area contributed by atoms with Crippen LogP contribution in [0.1, 0.15) is 21.5 Å². The molecule has 2 N–H and O–H groups in total. The quantitative estimate of drug-likeness (QED) is 0.516. The van der Waals surface area contributed by atoms with Crippen LogP contribution >= 0.6 is 11.6 Å². The molecule has 0 unspecified atom stereocenters. The number of hydrogen-bond acceptors (Lipinski definition) is 3. The molecule has 2 aromatic carbocycles. The van der Waals surface area contributed by atoms with Gasteiger partial charge in [-0.25, -0.2) is 4.79 Å². The van der Waals surface area contributed by atoms with Gasteiger partial charge in [0.1, 0.15) is 5.75 Å². The molecule has 98 valence electrons. The van der Waals surface area contributed by atoms with E-state index in [1.165, 1.54) is 0 Å². The maximum absolute atomic E-state index is 12.0. The number of carbonyl (C=O) groups is 1. The Labute approximate surface area is 117 Å². The second kappa shape index (κ2) is 5.33. The second-order valence-electron chi connectivity index (χ2n) is 4.37. The first-order valence-corrected chi connectivity index (χ1v) is 6.19. The van der Waals surface area contributed by atoms with Crippen LogP contribution in [0.5, 0.6) is 5.75 Å². The Morgan fingerprint density at radius 2 is 1.84 bits per heavy atom. The molecule has 0 saturated carbocycles. The lowest BCUT2D eigenvalue weighted by Crippen LogP contribution is -2.09. The van der Waals surface area contributed by atoms with Crippen LogP contribution in [0.2, 0.25) is 5.02 Å². The Balaban J connectivity index is 2.20. The highest BCUT2D eigenvalue weighted by molar-refractivity contribution is 6.31. The van der Waals surface area contributed by atoms with Crippen LogP contribution in [0.25, 0.3) is 0 Å². The molecule has 0 aliphatic heterocycles. The molecule has 0 aromatic heterocycles. The largest absolute Gasteiger partial charge is 0.423 e. The highest BCUT2D eigenvalue weighted by Crippen LogP contribution is 2.22. The smallest absolute Gasteiger partial charge is 0.343 e. The Hall–Kier alpha value is -2.00. The third-order valence-corrected chi connectivity index (χ3v) is 3.28. The Morgan fingerprint density at radius 3 is 2.47 bits per heavy atom. The van der Waals surface area contributed by atoms with Crippen molar-refractivity contribution < 1.29 is 9.53 Å². The molecule has 0 fully saturated rings. The standard InChI is InChI=1S/C15H14ClNO2/c1-9-3-4-11(8-14(9)17)15(18)19-12-5-6-13(16)10(2)7-12/h3-8H,17H2,1-2H3. The average molecular weight is 276 g/mol. The summed E-state index contributed by atoms with van der Waals surface area (Å²) in [5.41, 5.74) is 8.55. The van der Waals surface area contributed by atoms with Crippen LogP contribution in [0, 0.1) is 13.8 Å². The van der Waals surface area contributed by atoms with E-state index in [1.54, 1.807) is 36.4 Å². The minimum absolute atomic E-state index is 0.427. The van der Waals surface area contributed by atoms with Crippen molar-refractivity contribution in [2.75, 3.05) is 5.73 Å². The van der Waals surface area contributed by atoms with Gasteiger partial charge in [0, 0.05) is 10.7 Å². The maximum atomic E-state index is 12.0. The first kappa shape index (κ1) is 13.4. The normalized spacial score (nSPS) is 10.3. The van der Waals surface area contributed by atoms with Crippen LogP contribution < -0.4 is 10.5 Å². The van der Waals surface area contributed by atoms with Gasteiger partial charge >= 0.3 is 5.97 Å². The SMILES string of the molecule is Cc1ccc(C(=O)Oc2ccc(Cl)c(C)c2)cc1N. The van der Waals surface area contributed by atoms with Crippen molar-refractivity contribution in [2.24, 2.45) is 0 Å². The van der Waals surface area contributed by atoms with E-state index in [1.807, 2.05) is 13.8 Å². The number of anilines is 1. The average Bonchev–Trinajstić information content (AvgIpc) is 2.37. The van der Waals surface area contributed by atoms with Gasteiger partial charge in [-0.05, 0) is 55.3 Å². The van der Waals surface area contributed by atoms with E-state index in [2.05, 4.69) is 0 Å². The molecular formula is C15H14ClNO2. The molecule has 0 amide bonds. The Bertz CT molecular complexity index is 638. The zero-order valence-electron chi connectivity index (χ0n) is 10.7.